The molecule has 0 amide bonds. The van der Waals surface area contributed by atoms with E-state index in [1.807, 2.05) is 26.8 Å². The van der Waals surface area contributed by atoms with Gasteiger partial charge in [-0.25, -0.2) is 4.98 Å². The Morgan fingerprint density at radius 2 is 1.96 bits per heavy atom. The third-order valence-corrected chi connectivity index (χ3v) is 6.14. The van der Waals surface area contributed by atoms with Gasteiger partial charge in [-0.2, -0.15) is 0 Å². The molecular formula is C20H28ClN3OS. The van der Waals surface area contributed by atoms with Crippen LogP contribution in [0.1, 0.15) is 50.6 Å². The zero-order chi connectivity index (χ0) is 18.6. The molecule has 0 unspecified atom stereocenters. The Hall–Kier alpha value is -1.17. The third-order valence-electron chi connectivity index (χ3n) is 4.69. The van der Waals surface area contributed by atoms with Gasteiger partial charge in [0.05, 0.1) is 5.02 Å². The Bertz CT molecular complexity index is 705. The highest BCUT2D eigenvalue weighted by Gasteiger charge is 2.22. The summed E-state index contributed by atoms with van der Waals surface area (Å²) in [5.41, 5.74) is 0.673. The van der Waals surface area contributed by atoms with Crippen LogP contribution in [0.2, 0.25) is 5.02 Å². The molecule has 0 aliphatic carbocycles. The molecule has 6 heteroatoms. The minimum atomic E-state index is -0.263. The molecule has 0 radical (unpaired) electrons. The van der Waals surface area contributed by atoms with Crippen molar-refractivity contribution in [3.05, 3.63) is 39.4 Å². The van der Waals surface area contributed by atoms with Gasteiger partial charge in [0.15, 0.2) is 0 Å². The molecule has 26 heavy (non-hydrogen) atoms. The predicted molar refractivity (Wildman–Crippen MR) is 108 cm³/mol. The Morgan fingerprint density at radius 1 is 1.23 bits per heavy atom. The zero-order valence-electron chi connectivity index (χ0n) is 15.9. The first-order valence-electron chi connectivity index (χ1n) is 9.34. The van der Waals surface area contributed by atoms with E-state index in [0.29, 0.717) is 5.88 Å². The highest BCUT2D eigenvalue weighted by molar-refractivity contribution is 7.10. The van der Waals surface area contributed by atoms with E-state index in [0.717, 1.165) is 42.7 Å². The fraction of sp³-hybridized carbons (Fsp3) is 0.600. The lowest BCUT2D eigenvalue weighted by Crippen LogP contribution is -2.34. The van der Waals surface area contributed by atoms with Crippen molar-refractivity contribution in [1.29, 1.82) is 0 Å². The summed E-state index contributed by atoms with van der Waals surface area (Å²) in [6, 6.07) is 2.00. The van der Waals surface area contributed by atoms with Crippen LogP contribution in [0.25, 0.3) is 0 Å². The molecule has 3 heterocycles. The van der Waals surface area contributed by atoms with Crippen LogP contribution in [-0.2, 0) is 13.0 Å². The summed E-state index contributed by atoms with van der Waals surface area (Å²) < 4.78 is 5.97. The number of halogens is 1. The number of hydrogen-bond acceptors (Lipinski definition) is 5. The van der Waals surface area contributed by atoms with Crippen LogP contribution in [0.5, 0.6) is 5.88 Å². The van der Waals surface area contributed by atoms with Crippen molar-refractivity contribution < 1.29 is 4.74 Å². The molecule has 2 aromatic rings. The SMILES string of the molecule is CC(C)(C)Oc1nccnc1CN1CCC(CCc2sccc2Cl)CC1. The Balaban J connectivity index is 1.49. The summed E-state index contributed by atoms with van der Waals surface area (Å²) in [6.07, 6.45) is 8.26. The Kier molecular flexibility index (Phi) is 6.54. The summed E-state index contributed by atoms with van der Waals surface area (Å²) in [5.74, 6) is 1.45. The fourth-order valence-corrected chi connectivity index (χ4v) is 4.47. The summed E-state index contributed by atoms with van der Waals surface area (Å²) in [5, 5.41) is 3.01. The summed E-state index contributed by atoms with van der Waals surface area (Å²) in [7, 11) is 0. The maximum Gasteiger partial charge on any atom is 0.237 e. The number of thiophene rings is 1. The molecule has 142 valence electrons. The molecule has 0 bridgehead atoms. The van der Waals surface area contributed by atoms with Crippen LogP contribution >= 0.6 is 22.9 Å². The molecular weight excluding hydrogens is 366 g/mol. The van der Waals surface area contributed by atoms with E-state index in [4.69, 9.17) is 16.3 Å². The number of aryl methyl sites for hydroxylation is 1. The standard InChI is InChI=1S/C20H28ClN3OS/c1-20(2,3)25-19-17(22-9-10-23-19)14-24-11-6-15(7-12-24)4-5-18-16(21)8-13-26-18/h8-10,13,15H,4-7,11-12,14H2,1-3H3. The third kappa shape index (κ3) is 5.66. The van der Waals surface area contributed by atoms with Crippen molar-refractivity contribution in [3.8, 4) is 5.88 Å². The first kappa shape index (κ1) is 19.6. The smallest absolute Gasteiger partial charge is 0.237 e. The maximum atomic E-state index is 6.21. The number of rotatable bonds is 6. The lowest BCUT2D eigenvalue weighted by Gasteiger charge is -2.32. The normalized spacial score (nSPS) is 16.8. The summed E-state index contributed by atoms with van der Waals surface area (Å²) in [4.78, 5) is 12.7. The molecule has 1 aliphatic heterocycles. The average molecular weight is 394 g/mol. The molecule has 1 fully saturated rings. The van der Waals surface area contributed by atoms with Crippen molar-refractivity contribution in [2.24, 2.45) is 5.92 Å². The lowest BCUT2D eigenvalue weighted by molar-refractivity contribution is 0.116. The molecule has 3 rings (SSSR count). The highest BCUT2D eigenvalue weighted by atomic mass is 35.5. The van der Waals surface area contributed by atoms with Crippen LogP contribution in [0.15, 0.2) is 23.8 Å². The molecule has 2 aromatic heterocycles. The zero-order valence-corrected chi connectivity index (χ0v) is 17.4. The minimum absolute atomic E-state index is 0.263. The van der Waals surface area contributed by atoms with E-state index in [1.54, 1.807) is 23.7 Å². The van der Waals surface area contributed by atoms with Crippen LogP contribution in [0.3, 0.4) is 0 Å². The van der Waals surface area contributed by atoms with Gasteiger partial charge in [0.2, 0.25) is 5.88 Å². The van der Waals surface area contributed by atoms with Crippen LogP contribution in [-0.4, -0.2) is 33.6 Å². The molecule has 4 nitrogen and oxygen atoms in total. The maximum absolute atomic E-state index is 6.21. The molecule has 1 saturated heterocycles. The average Bonchev–Trinajstić information content (AvgIpc) is 3.00. The van der Waals surface area contributed by atoms with Gasteiger partial charge >= 0.3 is 0 Å². The first-order chi connectivity index (χ1) is 12.4. The van der Waals surface area contributed by atoms with Crippen LogP contribution in [0.4, 0.5) is 0 Å². The van der Waals surface area contributed by atoms with E-state index in [-0.39, 0.29) is 5.60 Å². The minimum Gasteiger partial charge on any atom is -0.471 e. The lowest BCUT2D eigenvalue weighted by atomic mass is 9.92. The molecule has 0 atom stereocenters. The van der Waals surface area contributed by atoms with Gasteiger partial charge in [-0.1, -0.05) is 11.6 Å². The second-order valence-corrected chi connectivity index (χ2v) is 9.38. The highest BCUT2D eigenvalue weighted by Crippen LogP contribution is 2.29. The fourth-order valence-electron chi connectivity index (χ4n) is 3.32. The topological polar surface area (TPSA) is 38.3 Å². The van der Waals surface area contributed by atoms with E-state index in [2.05, 4.69) is 20.2 Å². The Morgan fingerprint density at radius 3 is 2.62 bits per heavy atom. The van der Waals surface area contributed by atoms with Crippen molar-refractivity contribution in [3.63, 3.8) is 0 Å². The second kappa shape index (κ2) is 8.68. The van der Waals surface area contributed by atoms with Gasteiger partial charge in [-0.05, 0) is 76.9 Å². The van der Waals surface area contributed by atoms with Gasteiger partial charge in [0.1, 0.15) is 11.3 Å². The number of likely N-dealkylation sites (tertiary alicyclic amines) is 1. The molecule has 0 N–H and O–H groups in total. The second-order valence-electron chi connectivity index (χ2n) is 7.97. The van der Waals surface area contributed by atoms with Crippen molar-refractivity contribution in [2.75, 3.05) is 13.1 Å². The van der Waals surface area contributed by atoms with Crippen molar-refractivity contribution in [2.45, 2.75) is 58.6 Å². The quantitative estimate of drug-likeness (QED) is 0.674. The summed E-state index contributed by atoms with van der Waals surface area (Å²) in [6.45, 7) is 9.13. The number of aromatic nitrogens is 2. The number of nitrogens with zero attached hydrogens (tertiary/aromatic N) is 3. The molecule has 0 spiro atoms. The van der Waals surface area contributed by atoms with Gasteiger partial charge < -0.3 is 4.74 Å². The van der Waals surface area contributed by atoms with E-state index < -0.39 is 0 Å². The van der Waals surface area contributed by atoms with Crippen LogP contribution < -0.4 is 4.74 Å². The largest absolute Gasteiger partial charge is 0.471 e. The number of hydrogen-bond donors (Lipinski definition) is 0. The molecule has 0 saturated carbocycles. The van der Waals surface area contributed by atoms with Crippen molar-refractivity contribution >= 4 is 22.9 Å². The van der Waals surface area contributed by atoms with E-state index in [1.165, 1.54) is 24.1 Å². The van der Waals surface area contributed by atoms with E-state index in [9.17, 15) is 0 Å². The van der Waals surface area contributed by atoms with Gasteiger partial charge in [-0.3, -0.25) is 9.88 Å². The summed E-state index contributed by atoms with van der Waals surface area (Å²) >= 11 is 7.98. The van der Waals surface area contributed by atoms with Crippen molar-refractivity contribution in [1.82, 2.24) is 14.9 Å². The monoisotopic (exact) mass is 393 g/mol. The van der Waals surface area contributed by atoms with Gasteiger partial charge in [0.25, 0.3) is 0 Å². The first-order valence-corrected chi connectivity index (χ1v) is 10.6. The predicted octanol–water partition coefficient (Wildman–Crippen LogP) is 5.21. The molecule has 0 aromatic carbocycles. The number of piperidine rings is 1. The van der Waals surface area contributed by atoms with E-state index >= 15 is 0 Å². The Labute approximate surface area is 165 Å². The number of ether oxygens (including phenoxy) is 1. The van der Waals surface area contributed by atoms with Gasteiger partial charge in [0, 0.05) is 23.8 Å². The van der Waals surface area contributed by atoms with Crippen LogP contribution in [0, 0.1) is 5.92 Å². The molecule has 1 aliphatic rings. The van der Waals surface area contributed by atoms with Gasteiger partial charge in [-0.15, -0.1) is 11.3 Å².